The van der Waals surface area contributed by atoms with Gasteiger partial charge in [-0.15, -0.1) is 0 Å². The predicted molar refractivity (Wildman–Crippen MR) is 79.3 cm³/mol. The van der Waals surface area contributed by atoms with Crippen LogP contribution in [0.15, 0.2) is 40.9 Å². The summed E-state index contributed by atoms with van der Waals surface area (Å²) in [4.78, 5) is 0. The Bertz CT molecular complexity index is 606. The van der Waals surface area contributed by atoms with Gasteiger partial charge < -0.3 is 10.4 Å². The average molecular weight is 345 g/mol. The van der Waals surface area contributed by atoms with Gasteiger partial charge in [-0.3, -0.25) is 0 Å². The van der Waals surface area contributed by atoms with E-state index in [1.807, 2.05) is 25.1 Å². The Balaban J connectivity index is 2.20. The van der Waals surface area contributed by atoms with Crippen LogP contribution in [0.4, 0.5) is 10.1 Å². The van der Waals surface area contributed by atoms with Gasteiger partial charge in [0.2, 0.25) is 0 Å². The SMILES string of the molecule is CC(Nc1ccc(O)c(F)c1)c1ccc(Br)cc1Cl. The maximum absolute atomic E-state index is 13.2. The van der Waals surface area contributed by atoms with Crippen LogP contribution in [-0.4, -0.2) is 5.11 Å². The summed E-state index contributed by atoms with van der Waals surface area (Å²) < 4.78 is 14.1. The minimum atomic E-state index is -0.654. The number of hydrogen-bond donors (Lipinski definition) is 2. The van der Waals surface area contributed by atoms with Gasteiger partial charge in [-0.05, 0) is 36.8 Å². The van der Waals surface area contributed by atoms with E-state index >= 15 is 0 Å². The van der Waals surface area contributed by atoms with E-state index in [1.54, 1.807) is 6.07 Å². The summed E-state index contributed by atoms with van der Waals surface area (Å²) in [7, 11) is 0. The van der Waals surface area contributed by atoms with Crippen LogP contribution in [0.5, 0.6) is 5.75 Å². The highest BCUT2D eigenvalue weighted by atomic mass is 79.9. The van der Waals surface area contributed by atoms with Crippen LogP contribution >= 0.6 is 27.5 Å². The fourth-order valence-electron chi connectivity index (χ4n) is 1.78. The maximum Gasteiger partial charge on any atom is 0.166 e. The highest BCUT2D eigenvalue weighted by Crippen LogP contribution is 2.29. The van der Waals surface area contributed by atoms with Crippen molar-refractivity contribution in [2.75, 3.05) is 5.32 Å². The third-order valence-electron chi connectivity index (χ3n) is 2.76. The van der Waals surface area contributed by atoms with Crippen LogP contribution in [-0.2, 0) is 0 Å². The lowest BCUT2D eigenvalue weighted by molar-refractivity contribution is 0.432. The summed E-state index contributed by atoms with van der Waals surface area (Å²) in [5, 5.41) is 12.9. The average Bonchev–Trinajstić information content (AvgIpc) is 2.33. The Hall–Kier alpha value is -1.26. The van der Waals surface area contributed by atoms with E-state index in [9.17, 15) is 4.39 Å². The first-order valence-corrected chi connectivity index (χ1v) is 6.84. The van der Waals surface area contributed by atoms with Crippen molar-refractivity contribution in [1.29, 1.82) is 0 Å². The summed E-state index contributed by atoms with van der Waals surface area (Å²) in [6.45, 7) is 1.93. The van der Waals surface area contributed by atoms with Crippen LogP contribution in [0.3, 0.4) is 0 Å². The molecule has 100 valence electrons. The molecule has 0 aliphatic carbocycles. The van der Waals surface area contributed by atoms with E-state index in [-0.39, 0.29) is 11.8 Å². The second-order valence-electron chi connectivity index (χ2n) is 4.20. The molecule has 0 saturated carbocycles. The van der Waals surface area contributed by atoms with E-state index in [1.165, 1.54) is 12.1 Å². The molecule has 1 atom stereocenters. The molecule has 0 fully saturated rings. The van der Waals surface area contributed by atoms with Crippen molar-refractivity contribution in [1.82, 2.24) is 0 Å². The van der Waals surface area contributed by atoms with Gasteiger partial charge in [0, 0.05) is 27.3 Å². The van der Waals surface area contributed by atoms with E-state index < -0.39 is 5.82 Å². The molecule has 0 aliphatic heterocycles. The molecule has 2 N–H and O–H groups in total. The number of benzene rings is 2. The van der Waals surface area contributed by atoms with Gasteiger partial charge in [0.25, 0.3) is 0 Å². The second-order valence-corrected chi connectivity index (χ2v) is 5.52. The number of aromatic hydroxyl groups is 1. The van der Waals surface area contributed by atoms with E-state index in [4.69, 9.17) is 16.7 Å². The summed E-state index contributed by atoms with van der Waals surface area (Å²) >= 11 is 9.51. The van der Waals surface area contributed by atoms with Gasteiger partial charge in [0.15, 0.2) is 11.6 Å². The number of rotatable bonds is 3. The Labute approximate surface area is 124 Å². The molecule has 2 aromatic carbocycles. The minimum Gasteiger partial charge on any atom is -0.505 e. The smallest absolute Gasteiger partial charge is 0.166 e. The van der Waals surface area contributed by atoms with Crippen molar-refractivity contribution in [3.05, 3.63) is 57.3 Å². The molecule has 0 saturated heterocycles. The number of halogens is 3. The number of phenolic OH excluding ortho intramolecular Hbond substituents is 1. The zero-order chi connectivity index (χ0) is 14.0. The molecule has 0 amide bonds. The zero-order valence-corrected chi connectivity index (χ0v) is 12.5. The van der Waals surface area contributed by atoms with Crippen molar-refractivity contribution >= 4 is 33.2 Å². The van der Waals surface area contributed by atoms with Crippen LogP contribution < -0.4 is 5.32 Å². The van der Waals surface area contributed by atoms with Gasteiger partial charge in [-0.1, -0.05) is 33.6 Å². The first kappa shape index (κ1) is 14.2. The van der Waals surface area contributed by atoms with E-state index in [2.05, 4.69) is 21.2 Å². The van der Waals surface area contributed by atoms with Gasteiger partial charge in [0.05, 0.1) is 0 Å². The quantitative estimate of drug-likeness (QED) is 0.757. The predicted octanol–water partition coefficient (Wildman–Crippen LogP) is 5.12. The molecule has 2 aromatic rings. The molecule has 2 nitrogen and oxygen atoms in total. The Kier molecular flexibility index (Phi) is 4.32. The van der Waals surface area contributed by atoms with Crippen molar-refractivity contribution in [2.45, 2.75) is 13.0 Å². The van der Waals surface area contributed by atoms with Crippen LogP contribution in [0.1, 0.15) is 18.5 Å². The van der Waals surface area contributed by atoms with Gasteiger partial charge in [-0.25, -0.2) is 4.39 Å². The van der Waals surface area contributed by atoms with Crippen molar-refractivity contribution < 1.29 is 9.50 Å². The highest BCUT2D eigenvalue weighted by Gasteiger charge is 2.11. The minimum absolute atomic E-state index is 0.0791. The normalized spacial score (nSPS) is 12.2. The largest absolute Gasteiger partial charge is 0.505 e. The Morgan fingerprint density at radius 3 is 2.63 bits per heavy atom. The highest BCUT2D eigenvalue weighted by molar-refractivity contribution is 9.10. The fraction of sp³-hybridized carbons (Fsp3) is 0.143. The van der Waals surface area contributed by atoms with Crippen molar-refractivity contribution in [2.24, 2.45) is 0 Å². The lowest BCUT2D eigenvalue weighted by atomic mass is 10.1. The number of anilines is 1. The molecule has 0 spiro atoms. The topological polar surface area (TPSA) is 32.3 Å². The summed E-state index contributed by atoms with van der Waals surface area (Å²) in [6, 6.07) is 9.71. The molecule has 0 aliphatic rings. The van der Waals surface area contributed by atoms with Gasteiger partial charge >= 0.3 is 0 Å². The van der Waals surface area contributed by atoms with Crippen molar-refractivity contribution in [3.8, 4) is 5.75 Å². The third kappa shape index (κ3) is 3.39. The summed E-state index contributed by atoms with van der Waals surface area (Å²) in [6.07, 6.45) is 0. The summed E-state index contributed by atoms with van der Waals surface area (Å²) in [5.74, 6) is -1.01. The van der Waals surface area contributed by atoms with Crippen LogP contribution in [0.25, 0.3) is 0 Å². The molecule has 19 heavy (non-hydrogen) atoms. The van der Waals surface area contributed by atoms with Gasteiger partial charge in [0.1, 0.15) is 0 Å². The molecular formula is C14H12BrClFNO. The van der Waals surface area contributed by atoms with Crippen molar-refractivity contribution in [3.63, 3.8) is 0 Å². The number of hydrogen-bond acceptors (Lipinski definition) is 2. The third-order valence-corrected chi connectivity index (χ3v) is 3.58. The summed E-state index contributed by atoms with van der Waals surface area (Å²) in [5.41, 5.74) is 1.50. The number of nitrogens with one attached hydrogen (secondary N) is 1. The fourth-order valence-corrected chi connectivity index (χ4v) is 2.61. The lowest BCUT2D eigenvalue weighted by Gasteiger charge is -2.17. The maximum atomic E-state index is 13.2. The van der Waals surface area contributed by atoms with Crippen LogP contribution in [0, 0.1) is 5.82 Å². The molecule has 5 heteroatoms. The lowest BCUT2D eigenvalue weighted by Crippen LogP contribution is -2.07. The molecule has 0 radical (unpaired) electrons. The Morgan fingerprint density at radius 1 is 1.26 bits per heavy atom. The molecule has 0 bridgehead atoms. The molecule has 0 heterocycles. The molecular weight excluding hydrogens is 333 g/mol. The molecule has 0 aromatic heterocycles. The monoisotopic (exact) mass is 343 g/mol. The van der Waals surface area contributed by atoms with E-state index in [0.717, 1.165) is 10.0 Å². The zero-order valence-electron chi connectivity index (χ0n) is 10.1. The first-order valence-electron chi connectivity index (χ1n) is 5.67. The van der Waals surface area contributed by atoms with Gasteiger partial charge in [-0.2, -0.15) is 0 Å². The molecule has 2 rings (SSSR count). The number of phenols is 1. The second kappa shape index (κ2) is 5.80. The van der Waals surface area contributed by atoms with Crippen LogP contribution in [0.2, 0.25) is 5.02 Å². The molecule has 1 unspecified atom stereocenters. The Morgan fingerprint density at radius 2 is 2.00 bits per heavy atom. The first-order chi connectivity index (χ1) is 8.97. The standard InChI is InChI=1S/C14H12BrClFNO/c1-8(11-4-2-9(15)6-12(11)16)18-10-3-5-14(19)13(17)7-10/h2-8,18-19H,1H3. The van der Waals surface area contributed by atoms with E-state index in [0.29, 0.717) is 10.7 Å².